The molecule has 0 bridgehead atoms. The van der Waals surface area contributed by atoms with E-state index in [1.54, 1.807) is 6.92 Å². The Labute approximate surface area is 85.1 Å². The molecule has 1 N–H and O–H groups in total. The standard InChI is InChI=1S/C11H20FNO/c1-10(12)6-11(8-14)5-3-4-9(11)13(2)7-10/h9,14H,3-8H2,1-2H3/t9-,10?,11-/m1/s1. The molecule has 3 heteroatoms. The molecule has 0 spiro atoms. The first-order valence-electron chi connectivity index (χ1n) is 5.49. The van der Waals surface area contributed by atoms with Crippen LogP contribution < -0.4 is 0 Å². The van der Waals surface area contributed by atoms with Crippen molar-refractivity contribution in [2.75, 3.05) is 20.2 Å². The summed E-state index contributed by atoms with van der Waals surface area (Å²) in [6.07, 6.45) is 3.77. The fourth-order valence-electron chi connectivity index (χ4n) is 3.67. The van der Waals surface area contributed by atoms with Gasteiger partial charge >= 0.3 is 0 Å². The van der Waals surface area contributed by atoms with Crippen molar-refractivity contribution < 1.29 is 9.50 Å². The van der Waals surface area contributed by atoms with E-state index in [0.29, 0.717) is 19.0 Å². The molecule has 2 fully saturated rings. The average molecular weight is 201 g/mol. The molecule has 1 aliphatic heterocycles. The first-order chi connectivity index (χ1) is 6.49. The monoisotopic (exact) mass is 201 g/mol. The van der Waals surface area contributed by atoms with Gasteiger partial charge in [-0.15, -0.1) is 0 Å². The molecule has 14 heavy (non-hydrogen) atoms. The van der Waals surface area contributed by atoms with Crippen molar-refractivity contribution in [2.45, 2.75) is 44.3 Å². The molecule has 1 saturated carbocycles. The first-order valence-corrected chi connectivity index (χ1v) is 5.49. The Morgan fingerprint density at radius 2 is 2.29 bits per heavy atom. The number of alkyl halides is 1. The van der Waals surface area contributed by atoms with Gasteiger partial charge in [0.25, 0.3) is 0 Å². The summed E-state index contributed by atoms with van der Waals surface area (Å²) in [5.41, 5.74) is -1.28. The molecule has 1 unspecified atom stereocenters. The predicted octanol–water partition coefficient (Wildman–Crippen LogP) is 1.58. The van der Waals surface area contributed by atoms with E-state index in [9.17, 15) is 9.50 Å². The highest BCUT2D eigenvalue weighted by molar-refractivity contribution is 5.05. The van der Waals surface area contributed by atoms with E-state index in [1.807, 2.05) is 7.05 Å². The van der Waals surface area contributed by atoms with E-state index in [1.165, 1.54) is 0 Å². The summed E-state index contributed by atoms with van der Waals surface area (Å²) in [5.74, 6) is 0. The second kappa shape index (κ2) is 3.17. The molecule has 2 rings (SSSR count). The second-order valence-electron chi connectivity index (χ2n) is 5.43. The second-order valence-corrected chi connectivity index (χ2v) is 5.43. The van der Waals surface area contributed by atoms with Crippen molar-refractivity contribution in [2.24, 2.45) is 5.41 Å². The minimum absolute atomic E-state index is 0.140. The zero-order chi connectivity index (χ0) is 10.4. The van der Waals surface area contributed by atoms with Crippen LogP contribution >= 0.6 is 0 Å². The number of rotatable bonds is 1. The van der Waals surface area contributed by atoms with Crippen LogP contribution in [-0.4, -0.2) is 41.9 Å². The Kier molecular flexibility index (Phi) is 2.35. The van der Waals surface area contributed by atoms with Gasteiger partial charge in [-0.05, 0) is 33.2 Å². The largest absolute Gasteiger partial charge is 0.396 e. The number of nitrogens with zero attached hydrogens (tertiary/aromatic N) is 1. The van der Waals surface area contributed by atoms with E-state index in [4.69, 9.17) is 0 Å². The average Bonchev–Trinajstić information content (AvgIpc) is 2.46. The summed E-state index contributed by atoms with van der Waals surface area (Å²) < 4.78 is 14.0. The summed E-state index contributed by atoms with van der Waals surface area (Å²) in [6.45, 7) is 2.32. The fourth-order valence-corrected chi connectivity index (χ4v) is 3.67. The predicted molar refractivity (Wildman–Crippen MR) is 53.9 cm³/mol. The number of fused-ring (bicyclic) bond motifs is 1. The third kappa shape index (κ3) is 1.47. The summed E-state index contributed by atoms with van der Waals surface area (Å²) in [5, 5.41) is 9.51. The van der Waals surface area contributed by atoms with Gasteiger partial charge in [0.2, 0.25) is 0 Å². The number of hydrogen-bond acceptors (Lipinski definition) is 2. The van der Waals surface area contributed by atoms with E-state index >= 15 is 0 Å². The molecule has 1 saturated heterocycles. The van der Waals surface area contributed by atoms with Crippen LogP contribution in [0.3, 0.4) is 0 Å². The van der Waals surface area contributed by atoms with Gasteiger partial charge < -0.3 is 5.11 Å². The summed E-state index contributed by atoms with van der Waals surface area (Å²) in [7, 11) is 1.98. The Bertz CT molecular complexity index is 231. The van der Waals surface area contributed by atoms with Crippen molar-refractivity contribution in [3.8, 4) is 0 Å². The highest BCUT2D eigenvalue weighted by Gasteiger charge is 2.53. The van der Waals surface area contributed by atoms with E-state index in [0.717, 1.165) is 19.3 Å². The summed E-state index contributed by atoms with van der Waals surface area (Å²) in [6, 6.07) is 0.399. The third-order valence-electron chi connectivity index (χ3n) is 4.01. The van der Waals surface area contributed by atoms with Gasteiger partial charge in [0.15, 0.2) is 0 Å². The maximum Gasteiger partial charge on any atom is 0.121 e. The molecule has 1 heterocycles. The molecular formula is C11H20FNO. The van der Waals surface area contributed by atoms with E-state index < -0.39 is 5.67 Å². The lowest BCUT2D eigenvalue weighted by Gasteiger charge is -2.49. The molecule has 0 amide bonds. The maximum atomic E-state index is 14.0. The quantitative estimate of drug-likeness (QED) is 0.696. The number of halogens is 1. The molecular weight excluding hydrogens is 181 g/mol. The number of aliphatic hydroxyl groups excluding tert-OH is 1. The van der Waals surface area contributed by atoms with Crippen LogP contribution in [0.1, 0.15) is 32.6 Å². The van der Waals surface area contributed by atoms with Gasteiger partial charge in [0.1, 0.15) is 5.67 Å². The number of aliphatic hydroxyl groups is 1. The number of piperidine rings is 1. The Hall–Kier alpha value is -0.150. The van der Waals surface area contributed by atoms with Crippen LogP contribution in [0.5, 0.6) is 0 Å². The van der Waals surface area contributed by atoms with Crippen LogP contribution in [0.2, 0.25) is 0 Å². The number of likely N-dealkylation sites (tertiary alicyclic amines) is 1. The van der Waals surface area contributed by atoms with Crippen LogP contribution in [0.25, 0.3) is 0 Å². The van der Waals surface area contributed by atoms with Crippen molar-refractivity contribution >= 4 is 0 Å². The zero-order valence-corrected chi connectivity index (χ0v) is 9.09. The van der Waals surface area contributed by atoms with Gasteiger partial charge in [0, 0.05) is 18.0 Å². The Morgan fingerprint density at radius 1 is 1.57 bits per heavy atom. The van der Waals surface area contributed by atoms with Crippen molar-refractivity contribution in [3.05, 3.63) is 0 Å². The van der Waals surface area contributed by atoms with Crippen LogP contribution in [0.15, 0.2) is 0 Å². The fraction of sp³-hybridized carbons (Fsp3) is 1.00. The van der Waals surface area contributed by atoms with Crippen molar-refractivity contribution in [1.29, 1.82) is 0 Å². The summed E-state index contributed by atoms with van der Waals surface area (Å²) in [4.78, 5) is 2.10. The van der Waals surface area contributed by atoms with E-state index in [2.05, 4.69) is 4.90 Å². The maximum absolute atomic E-state index is 14.0. The normalized spacial score (nSPS) is 49.3. The van der Waals surface area contributed by atoms with E-state index in [-0.39, 0.29) is 12.0 Å². The lowest BCUT2D eigenvalue weighted by Crippen LogP contribution is -2.57. The number of hydrogen-bond donors (Lipinski definition) is 1. The molecule has 0 aromatic carbocycles. The molecule has 82 valence electrons. The zero-order valence-electron chi connectivity index (χ0n) is 9.09. The van der Waals surface area contributed by atoms with Gasteiger partial charge in [-0.3, -0.25) is 4.90 Å². The lowest BCUT2D eigenvalue weighted by molar-refractivity contribution is -0.0684. The highest BCUT2D eigenvalue weighted by Crippen LogP contribution is 2.50. The van der Waals surface area contributed by atoms with Gasteiger partial charge in [-0.25, -0.2) is 4.39 Å². The molecule has 3 atom stereocenters. The Morgan fingerprint density at radius 3 is 2.93 bits per heavy atom. The lowest BCUT2D eigenvalue weighted by atomic mass is 9.71. The first kappa shape index (κ1) is 10.4. The van der Waals surface area contributed by atoms with Crippen molar-refractivity contribution in [1.82, 2.24) is 4.90 Å². The topological polar surface area (TPSA) is 23.5 Å². The Balaban J connectivity index is 2.25. The van der Waals surface area contributed by atoms with Crippen molar-refractivity contribution in [3.63, 3.8) is 0 Å². The minimum Gasteiger partial charge on any atom is -0.396 e. The summed E-state index contributed by atoms with van der Waals surface area (Å²) >= 11 is 0. The molecule has 0 aromatic rings. The van der Waals surface area contributed by atoms with Gasteiger partial charge in [-0.1, -0.05) is 6.42 Å². The highest BCUT2D eigenvalue weighted by atomic mass is 19.1. The van der Waals surface area contributed by atoms with Gasteiger partial charge in [-0.2, -0.15) is 0 Å². The van der Waals surface area contributed by atoms with Crippen LogP contribution in [-0.2, 0) is 0 Å². The molecule has 0 radical (unpaired) electrons. The molecule has 2 nitrogen and oxygen atoms in total. The minimum atomic E-state index is -1.13. The third-order valence-corrected chi connectivity index (χ3v) is 4.01. The van der Waals surface area contributed by atoms with Crippen LogP contribution in [0, 0.1) is 5.41 Å². The SMILES string of the molecule is CN1CC(C)(F)C[C@@]2(CO)CCC[C@@H]12. The molecule has 0 aromatic heterocycles. The molecule has 1 aliphatic carbocycles. The van der Waals surface area contributed by atoms with Gasteiger partial charge in [0.05, 0.1) is 6.61 Å². The smallest absolute Gasteiger partial charge is 0.121 e. The molecule has 2 aliphatic rings. The van der Waals surface area contributed by atoms with Crippen LogP contribution in [0.4, 0.5) is 4.39 Å².